The molecule has 1 saturated carbocycles. The van der Waals surface area contributed by atoms with Gasteiger partial charge in [0, 0.05) is 6.07 Å². The Morgan fingerprint density at radius 3 is 2.80 bits per heavy atom. The lowest BCUT2D eigenvalue weighted by molar-refractivity contribution is -0.384. The second-order valence-corrected chi connectivity index (χ2v) is 5.06. The summed E-state index contributed by atoms with van der Waals surface area (Å²) in [4.78, 5) is 10.6. The molecule has 2 unspecified atom stereocenters. The summed E-state index contributed by atoms with van der Waals surface area (Å²) in [5.41, 5.74) is 0.490. The number of anilines is 1. The zero-order chi connectivity index (χ0) is 14.5. The van der Waals surface area contributed by atoms with E-state index in [2.05, 4.69) is 5.32 Å². The van der Waals surface area contributed by atoms with Crippen molar-refractivity contribution in [3.05, 3.63) is 33.9 Å². The lowest BCUT2D eigenvalue weighted by atomic mass is 10.1. The van der Waals surface area contributed by atoms with E-state index < -0.39 is 11.0 Å². The van der Waals surface area contributed by atoms with Crippen LogP contribution in [0.3, 0.4) is 0 Å². The molecular formula is C14H17N3O3. The van der Waals surface area contributed by atoms with Gasteiger partial charge in [-0.15, -0.1) is 0 Å². The topological polar surface area (TPSA) is 99.2 Å². The van der Waals surface area contributed by atoms with Crippen LogP contribution < -0.4 is 5.32 Å². The normalized spacial score (nSPS) is 22.6. The molecule has 1 aromatic rings. The van der Waals surface area contributed by atoms with Gasteiger partial charge in [0.2, 0.25) is 0 Å². The first-order chi connectivity index (χ1) is 9.61. The summed E-state index contributed by atoms with van der Waals surface area (Å²) in [5, 5.41) is 33.0. The number of aliphatic hydroxyl groups is 1. The molecule has 0 saturated heterocycles. The number of nitrogens with one attached hydrogen (secondary N) is 1. The molecule has 2 rings (SSSR count). The molecule has 0 aliphatic heterocycles. The predicted molar refractivity (Wildman–Crippen MR) is 74.3 cm³/mol. The van der Waals surface area contributed by atoms with Gasteiger partial charge in [0.15, 0.2) is 0 Å². The maximum Gasteiger partial charge on any atom is 0.293 e. The number of benzene rings is 1. The number of hydrogen-bond acceptors (Lipinski definition) is 5. The van der Waals surface area contributed by atoms with Crippen LogP contribution in [0, 0.1) is 21.4 Å². The predicted octanol–water partition coefficient (Wildman–Crippen LogP) is 2.57. The summed E-state index contributed by atoms with van der Waals surface area (Å²) >= 11 is 0. The monoisotopic (exact) mass is 275 g/mol. The molecule has 1 fully saturated rings. The number of rotatable bonds is 3. The minimum absolute atomic E-state index is 0.125. The van der Waals surface area contributed by atoms with Crippen LogP contribution >= 0.6 is 0 Å². The molecule has 1 aliphatic carbocycles. The van der Waals surface area contributed by atoms with Crippen LogP contribution in [0.1, 0.15) is 37.7 Å². The Bertz CT molecular complexity index is 539. The van der Waals surface area contributed by atoms with Gasteiger partial charge in [-0.1, -0.05) is 19.3 Å². The van der Waals surface area contributed by atoms with E-state index in [1.165, 1.54) is 12.1 Å². The van der Waals surface area contributed by atoms with Crippen LogP contribution in [0.2, 0.25) is 0 Å². The number of nitro groups is 1. The van der Waals surface area contributed by atoms with Crippen molar-refractivity contribution in [3.63, 3.8) is 0 Å². The van der Waals surface area contributed by atoms with Crippen LogP contribution in [-0.2, 0) is 0 Å². The zero-order valence-corrected chi connectivity index (χ0v) is 11.1. The van der Waals surface area contributed by atoms with Crippen molar-refractivity contribution in [2.45, 2.75) is 44.2 Å². The lowest BCUT2D eigenvalue weighted by Crippen LogP contribution is -2.32. The standard InChI is InChI=1S/C14H17N3O3/c15-9-10-6-7-11(13(8-10)17(19)20)16-12-4-2-1-3-5-14(12)18/h6-8,12,14,16,18H,1-5H2. The highest BCUT2D eigenvalue weighted by Crippen LogP contribution is 2.29. The Hall–Kier alpha value is -2.13. The molecule has 0 aromatic heterocycles. The van der Waals surface area contributed by atoms with E-state index in [4.69, 9.17) is 5.26 Å². The van der Waals surface area contributed by atoms with Gasteiger partial charge in [-0.3, -0.25) is 10.1 Å². The zero-order valence-electron chi connectivity index (χ0n) is 11.1. The van der Waals surface area contributed by atoms with Gasteiger partial charge in [-0.2, -0.15) is 5.26 Å². The van der Waals surface area contributed by atoms with E-state index in [9.17, 15) is 15.2 Å². The molecular weight excluding hydrogens is 258 g/mol. The van der Waals surface area contributed by atoms with Crippen LogP contribution in [0.4, 0.5) is 11.4 Å². The van der Waals surface area contributed by atoms with Crippen molar-refractivity contribution in [1.82, 2.24) is 0 Å². The first-order valence-electron chi connectivity index (χ1n) is 6.75. The fourth-order valence-corrected chi connectivity index (χ4v) is 2.53. The number of nitrogens with zero attached hydrogens (tertiary/aromatic N) is 2. The minimum Gasteiger partial charge on any atom is -0.391 e. The van der Waals surface area contributed by atoms with Crippen molar-refractivity contribution in [2.24, 2.45) is 0 Å². The highest BCUT2D eigenvalue weighted by molar-refractivity contribution is 5.64. The lowest BCUT2D eigenvalue weighted by Gasteiger charge is -2.22. The molecule has 0 heterocycles. The Labute approximate surface area is 117 Å². The summed E-state index contributed by atoms with van der Waals surface area (Å²) in [7, 11) is 0. The maximum atomic E-state index is 11.1. The van der Waals surface area contributed by atoms with Gasteiger partial charge >= 0.3 is 0 Å². The summed E-state index contributed by atoms with van der Waals surface area (Å²) < 4.78 is 0. The molecule has 6 heteroatoms. The van der Waals surface area contributed by atoms with Gasteiger partial charge < -0.3 is 10.4 Å². The second kappa shape index (κ2) is 6.35. The highest BCUT2D eigenvalue weighted by Gasteiger charge is 2.24. The van der Waals surface area contributed by atoms with Crippen LogP contribution in [0.25, 0.3) is 0 Å². The first kappa shape index (κ1) is 14.3. The molecule has 1 aromatic carbocycles. The largest absolute Gasteiger partial charge is 0.391 e. The van der Waals surface area contributed by atoms with Crippen LogP contribution in [-0.4, -0.2) is 22.2 Å². The molecule has 0 spiro atoms. The van der Waals surface area contributed by atoms with Crippen LogP contribution in [0.5, 0.6) is 0 Å². The van der Waals surface area contributed by atoms with E-state index in [-0.39, 0.29) is 17.3 Å². The summed E-state index contributed by atoms with van der Waals surface area (Å²) in [6.45, 7) is 0. The quantitative estimate of drug-likeness (QED) is 0.501. The number of hydrogen-bond donors (Lipinski definition) is 2. The third kappa shape index (κ3) is 3.25. The van der Waals surface area contributed by atoms with E-state index in [0.29, 0.717) is 12.1 Å². The van der Waals surface area contributed by atoms with Crippen molar-refractivity contribution in [2.75, 3.05) is 5.32 Å². The summed E-state index contributed by atoms with van der Waals surface area (Å²) in [6.07, 6.45) is 4.06. The van der Waals surface area contributed by atoms with E-state index in [1.807, 2.05) is 6.07 Å². The first-order valence-corrected chi connectivity index (χ1v) is 6.75. The van der Waals surface area contributed by atoms with Crippen molar-refractivity contribution < 1.29 is 10.0 Å². The van der Waals surface area contributed by atoms with Gasteiger partial charge in [0.25, 0.3) is 5.69 Å². The van der Waals surface area contributed by atoms with Gasteiger partial charge in [0.05, 0.1) is 28.7 Å². The average molecular weight is 275 g/mol. The molecule has 2 N–H and O–H groups in total. The van der Waals surface area contributed by atoms with Gasteiger partial charge in [-0.05, 0) is 25.0 Å². The molecule has 1 aliphatic rings. The maximum absolute atomic E-state index is 11.1. The van der Waals surface area contributed by atoms with E-state index >= 15 is 0 Å². The molecule has 0 radical (unpaired) electrons. The van der Waals surface area contributed by atoms with E-state index in [0.717, 1.165) is 25.7 Å². The fourth-order valence-electron chi connectivity index (χ4n) is 2.53. The van der Waals surface area contributed by atoms with Crippen molar-refractivity contribution in [3.8, 4) is 6.07 Å². The Morgan fingerprint density at radius 2 is 2.10 bits per heavy atom. The highest BCUT2D eigenvalue weighted by atomic mass is 16.6. The minimum atomic E-state index is -0.508. The van der Waals surface area contributed by atoms with Gasteiger partial charge in [-0.25, -0.2) is 0 Å². The van der Waals surface area contributed by atoms with Crippen molar-refractivity contribution in [1.29, 1.82) is 5.26 Å². The fraction of sp³-hybridized carbons (Fsp3) is 0.500. The Balaban J connectivity index is 2.23. The molecule has 106 valence electrons. The number of aliphatic hydroxyl groups excluding tert-OH is 1. The third-order valence-electron chi connectivity index (χ3n) is 3.64. The number of nitriles is 1. The van der Waals surface area contributed by atoms with Gasteiger partial charge in [0.1, 0.15) is 5.69 Å². The number of nitro benzene ring substituents is 1. The third-order valence-corrected chi connectivity index (χ3v) is 3.64. The smallest absolute Gasteiger partial charge is 0.293 e. The molecule has 20 heavy (non-hydrogen) atoms. The molecule has 0 bridgehead atoms. The Kier molecular flexibility index (Phi) is 4.53. The summed E-state index contributed by atoms with van der Waals surface area (Å²) in [5.74, 6) is 0. The molecule has 6 nitrogen and oxygen atoms in total. The van der Waals surface area contributed by atoms with Crippen LogP contribution in [0.15, 0.2) is 18.2 Å². The summed E-state index contributed by atoms with van der Waals surface area (Å²) in [6, 6.07) is 6.05. The van der Waals surface area contributed by atoms with Crippen molar-refractivity contribution >= 4 is 11.4 Å². The van der Waals surface area contributed by atoms with E-state index in [1.54, 1.807) is 6.07 Å². The molecule has 0 amide bonds. The Morgan fingerprint density at radius 1 is 1.35 bits per heavy atom. The second-order valence-electron chi connectivity index (χ2n) is 5.06. The average Bonchev–Trinajstić information content (AvgIpc) is 2.64. The molecule has 2 atom stereocenters. The SMILES string of the molecule is N#Cc1ccc(NC2CCCCCC2O)c([N+](=O)[O-])c1.